The molecule has 1 aromatic rings. The van der Waals surface area contributed by atoms with E-state index in [0.717, 1.165) is 18.7 Å². The summed E-state index contributed by atoms with van der Waals surface area (Å²) < 4.78 is 10.9. The van der Waals surface area contributed by atoms with Gasteiger partial charge in [-0.2, -0.15) is 0 Å². The SMILES string of the molecule is COc1ccc(/C=C2\SC(=S)N(CC(=O)N3CCN(C)CC3)C2=O)cc1OC. The second kappa shape index (κ2) is 8.93. The lowest BCUT2D eigenvalue weighted by molar-refractivity contribution is -0.136. The lowest BCUT2D eigenvalue weighted by atomic mass is 10.2. The molecular weight excluding hydrogens is 398 g/mol. The topological polar surface area (TPSA) is 62.3 Å². The molecular formula is C19H23N3O4S2. The van der Waals surface area contributed by atoms with Crippen molar-refractivity contribution >= 4 is 46.2 Å². The zero-order valence-electron chi connectivity index (χ0n) is 16.1. The van der Waals surface area contributed by atoms with Gasteiger partial charge in [0.15, 0.2) is 11.5 Å². The summed E-state index contributed by atoms with van der Waals surface area (Å²) in [5.74, 6) is 0.881. The highest BCUT2D eigenvalue weighted by molar-refractivity contribution is 8.26. The molecule has 0 spiro atoms. The molecule has 9 heteroatoms. The third-order valence-corrected chi connectivity index (χ3v) is 6.11. The average Bonchev–Trinajstić information content (AvgIpc) is 2.95. The Morgan fingerprint density at radius 3 is 2.50 bits per heavy atom. The van der Waals surface area contributed by atoms with E-state index < -0.39 is 0 Å². The van der Waals surface area contributed by atoms with E-state index in [1.54, 1.807) is 37.3 Å². The van der Waals surface area contributed by atoms with E-state index in [9.17, 15) is 9.59 Å². The fraction of sp³-hybridized carbons (Fsp3) is 0.421. The number of thiocarbonyl (C=S) groups is 1. The molecule has 1 aromatic carbocycles. The third kappa shape index (κ3) is 4.48. The molecule has 28 heavy (non-hydrogen) atoms. The summed E-state index contributed by atoms with van der Waals surface area (Å²) >= 11 is 6.55. The van der Waals surface area contributed by atoms with Crippen LogP contribution in [0, 0.1) is 0 Å². The van der Waals surface area contributed by atoms with Crippen molar-refractivity contribution < 1.29 is 19.1 Å². The van der Waals surface area contributed by atoms with E-state index in [1.165, 1.54) is 16.7 Å². The van der Waals surface area contributed by atoms with Gasteiger partial charge in [0.1, 0.15) is 10.9 Å². The summed E-state index contributed by atoms with van der Waals surface area (Å²) in [5, 5.41) is 0. The van der Waals surface area contributed by atoms with E-state index in [0.29, 0.717) is 33.8 Å². The molecule has 2 amide bonds. The van der Waals surface area contributed by atoms with Crippen LogP contribution in [0.25, 0.3) is 6.08 Å². The molecule has 2 fully saturated rings. The maximum Gasteiger partial charge on any atom is 0.266 e. The molecule has 0 aromatic heterocycles. The molecule has 2 heterocycles. The zero-order chi connectivity index (χ0) is 20.3. The summed E-state index contributed by atoms with van der Waals surface area (Å²) in [6.45, 7) is 3.00. The second-order valence-electron chi connectivity index (χ2n) is 6.57. The molecule has 0 N–H and O–H groups in total. The van der Waals surface area contributed by atoms with E-state index >= 15 is 0 Å². The summed E-state index contributed by atoms with van der Waals surface area (Å²) in [7, 11) is 5.16. The van der Waals surface area contributed by atoms with Crippen molar-refractivity contribution in [3.8, 4) is 11.5 Å². The standard InChI is InChI=1S/C19H23N3O4S2/c1-20-6-8-21(9-7-20)17(23)12-22-18(24)16(28-19(22)27)11-13-4-5-14(25-2)15(10-13)26-3/h4-5,10-11H,6-9,12H2,1-3H3/b16-11-. The molecule has 3 rings (SSSR count). The Bertz CT molecular complexity index is 819. The second-order valence-corrected chi connectivity index (χ2v) is 8.24. The predicted molar refractivity (Wildman–Crippen MR) is 114 cm³/mol. The molecule has 2 aliphatic rings. The molecule has 0 bridgehead atoms. The van der Waals surface area contributed by atoms with Crippen LogP contribution in [-0.4, -0.2) is 84.8 Å². The number of thioether (sulfide) groups is 1. The van der Waals surface area contributed by atoms with Crippen molar-refractivity contribution in [3.63, 3.8) is 0 Å². The average molecular weight is 422 g/mol. The van der Waals surface area contributed by atoms with Crippen LogP contribution in [0.1, 0.15) is 5.56 Å². The maximum absolute atomic E-state index is 12.8. The fourth-order valence-electron chi connectivity index (χ4n) is 3.02. The summed E-state index contributed by atoms with van der Waals surface area (Å²) in [6.07, 6.45) is 1.75. The van der Waals surface area contributed by atoms with E-state index in [2.05, 4.69) is 4.90 Å². The number of nitrogens with zero attached hydrogens (tertiary/aromatic N) is 3. The number of ether oxygens (including phenoxy) is 2. The summed E-state index contributed by atoms with van der Waals surface area (Å²) in [5.41, 5.74) is 0.795. The summed E-state index contributed by atoms with van der Waals surface area (Å²) in [6, 6.07) is 5.41. The van der Waals surface area contributed by atoms with Crippen molar-refractivity contribution in [1.29, 1.82) is 0 Å². The van der Waals surface area contributed by atoms with Crippen LogP contribution in [0.15, 0.2) is 23.1 Å². The third-order valence-electron chi connectivity index (χ3n) is 4.73. The minimum absolute atomic E-state index is 0.0162. The van der Waals surface area contributed by atoms with Crippen molar-refractivity contribution in [1.82, 2.24) is 14.7 Å². The Hall–Kier alpha value is -2.10. The van der Waals surface area contributed by atoms with Crippen LogP contribution in [0.3, 0.4) is 0 Å². The van der Waals surface area contributed by atoms with Crippen molar-refractivity contribution in [3.05, 3.63) is 28.7 Å². The lowest BCUT2D eigenvalue weighted by Gasteiger charge is -2.33. The number of hydrogen-bond acceptors (Lipinski definition) is 7. The minimum atomic E-state index is -0.243. The molecule has 150 valence electrons. The predicted octanol–water partition coefficient (Wildman–Crippen LogP) is 1.68. The number of amides is 2. The quantitative estimate of drug-likeness (QED) is 0.529. The van der Waals surface area contributed by atoms with Crippen LogP contribution < -0.4 is 9.47 Å². The van der Waals surface area contributed by atoms with Gasteiger partial charge >= 0.3 is 0 Å². The number of rotatable bonds is 5. The van der Waals surface area contributed by atoms with Crippen LogP contribution >= 0.6 is 24.0 Å². The molecule has 2 aliphatic heterocycles. The van der Waals surface area contributed by atoms with E-state index in [-0.39, 0.29) is 18.4 Å². The van der Waals surface area contributed by atoms with Crippen LogP contribution in [0.2, 0.25) is 0 Å². The Morgan fingerprint density at radius 2 is 1.86 bits per heavy atom. The van der Waals surface area contributed by atoms with Gasteiger partial charge in [-0.05, 0) is 30.8 Å². The molecule has 7 nitrogen and oxygen atoms in total. The minimum Gasteiger partial charge on any atom is -0.493 e. The van der Waals surface area contributed by atoms with Gasteiger partial charge in [0.05, 0.1) is 19.1 Å². The van der Waals surface area contributed by atoms with Gasteiger partial charge in [0, 0.05) is 26.2 Å². The van der Waals surface area contributed by atoms with E-state index in [1.807, 2.05) is 13.1 Å². The van der Waals surface area contributed by atoms with Crippen molar-refractivity contribution in [2.75, 3.05) is 54.0 Å². The highest BCUT2D eigenvalue weighted by atomic mass is 32.2. The molecule has 0 unspecified atom stereocenters. The van der Waals surface area contributed by atoms with Gasteiger partial charge in [-0.3, -0.25) is 14.5 Å². The Kier molecular flexibility index (Phi) is 6.58. The number of hydrogen-bond donors (Lipinski definition) is 0. The van der Waals surface area contributed by atoms with Gasteiger partial charge in [0.2, 0.25) is 5.91 Å². The number of carbonyl (C=O) groups is 2. The molecule has 0 saturated carbocycles. The van der Waals surface area contributed by atoms with Crippen molar-refractivity contribution in [2.24, 2.45) is 0 Å². The Labute approximate surface area is 174 Å². The van der Waals surface area contributed by atoms with Crippen LogP contribution in [-0.2, 0) is 9.59 Å². The molecule has 2 saturated heterocycles. The first kappa shape index (κ1) is 20.6. The molecule has 0 aliphatic carbocycles. The molecule has 0 atom stereocenters. The molecule has 0 radical (unpaired) electrons. The highest BCUT2D eigenvalue weighted by Crippen LogP contribution is 2.34. The van der Waals surface area contributed by atoms with E-state index in [4.69, 9.17) is 21.7 Å². The smallest absolute Gasteiger partial charge is 0.266 e. The largest absolute Gasteiger partial charge is 0.493 e. The fourth-order valence-corrected chi connectivity index (χ4v) is 4.28. The van der Waals surface area contributed by atoms with Gasteiger partial charge in [0.25, 0.3) is 5.91 Å². The first-order chi connectivity index (χ1) is 13.4. The highest BCUT2D eigenvalue weighted by Gasteiger charge is 2.34. The first-order valence-electron chi connectivity index (χ1n) is 8.86. The summed E-state index contributed by atoms with van der Waals surface area (Å²) in [4.78, 5) is 31.2. The van der Waals surface area contributed by atoms with Crippen LogP contribution in [0.5, 0.6) is 11.5 Å². The number of benzene rings is 1. The number of methoxy groups -OCH3 is 2. The van der Waals surface area contributed by atoms with Gasteiger partial charge < -0.3 is 19.3 Å². The van der Waals surface area contributed by atoms with Gasteiger partial charge in [-0.25, -0.2) is 0 Å². The zero-order valence-corrected chi connectivity index (χ0v) is 17.8. The monoisotopic (exact) mass is 421 g/mol. The lowest BCUT2D eigenvalue weighted by Crippen LogP contribution is -2.50. The number of likely N-dealkylation sites (N-methyl/N-ethyl adjacent to an activating group) is 1. The first-order valence-corrected chi connectivity index (χ1v) is 10.1. The van der Waals surface area contributed by atoms with Gasteiger partial charge in [-0.15, -0.1) is 0 Å². The van der Waals surface area contributed by atoms with Crippen LogP contribution in [0.4, 0.5) is 0 Å². The van der Waals surface area contributed by atoms with Gasteiger partial charge in [-0.1, -0.05) is 30.0 Å². The Morgan fingerprint density at radius 1 is 1.18 bits per heavy atom. The van der Waals surface area contributed by atoms with Crippen molar-refractivity contribution in [2.45, 2.75) is 0 Å². The maximum atomic E-state index is 12.8. The Balaban J connectivity index is 1.71. The number of carbonyl (C=O) groups excluding carboxylic acids is 2. The number of piperazine rings is 1. The normalized spacial score (nSPS) is 19.5.